The van der Waals surface area contributed by atoms with E-state index in [0.29, 0.717) is 0 Å². The molecule has 0 fully saturated rings. The van der Waals surface area contributed by atoms with Gasteiger partial charge >= 0.3 is 0 Å². The number of aromatic nitrogens is 1. The number of nitrogens with one attached hydrogen (secondary N) is 1. The second-order valence-electron chi connectivity index (χ2n) is 7.17. The molecule has 0 saturated heterocycles. The van der Waals surface area contributed by atoms with Crippen molar-refractivity contribution in [3.05, 3.63) is 84.4 Å². The maximum atomic E-state index is 6.34. The second-order valence-corrected chi connectivity index (χ2v) is 7.17. The molecule has 0 bridgehead atoms. The molecule has 2 heterocycles. The van der Waals surface area contributed by atoms with Crippen molar-refractivity contribution in [1.82, 2.24) is 4.98 Å². The van der Waals surface area contributed by atoms with Gasteiger partial charge in [-0.05, 0) is 36.2 Å². The van der Waals surface area contributed by atoms with Crippen molar-refractivity contribution in [2.45, 2.75) is 6.92 Å². The van der Waals surface area contributed by atoms with E-state index < -0.39 is 0 Å². The number of hydrogen-bond donors (Lipinski definition) is 1. The Hall–Kier alpha value is -3.52. The molecule has 27 heavy (non-hydrogen) atoms. The molecule has 1 N–H and O–H groups in total. The molecule has 4 aromatic carbocycles. The van der Waals surface area contributed by atoms with Crippen molar-refractivity contribution in [3.63, 3.8) is 0 Å². The van der Waals surface area contributed by atoms with E-state index in [1.807, 2.05) is 0 Å². The lowest BCUT2D eigenvalue weighted by Crippen LogP contribution is -1.79. The second kappa shape index (κ2) is 5.24. The van der Waals surface area contributed by atoms with Crippen molar-refractivity contribution in [1.29, 1.82) is 0 Å². The molecule has 0 amide bonds. The number of furan rings is 1. The van der Waals surface area contributed by atoms with Crippen LogP contribution in [0, 0.1) is 6.92 Å². The lowest BCUT2D eigenvalue weighted by Gasteiger charge is -2.03. The van der Waals surface area contributed by atoms with Crippen LogP contribution in [0.4, 0.5) is 0 Å². The molecular formula is C25H17NO. The predicted octanol–water partition coefficient (Wildman–Crippen LogP) is 7.20. The van der Waals surface area contributed by atoms with Crippen molar-refractivity contribution >= 4 is 43.7 Å². The molecule has 2 heteroatoms. The summed E-state index contributed by atoms with van der Waals surface area (Å²) >= 11 is 0. The number of aromatic amines is 1. The molecule has 0 spiro atoms. The monoisotopic (exact) mass is 347 g/mol. The maximum absolute atomic E-state index is 6.34. The van der Waals surface area contributed by atoms with Crippen molar-refractivity contribution in [3.8, 4) is 11.1 Å². The first-order valence-corrected chi connectivity index (χ1v) is 9.21. The summed E-state index contributed by atoms with van der Waals surface area (Å²) < 4.78 is 6.34. The van der Waals surface area contributed by atoms with E-state index in [-0.39, 0.29) is 0 Å². The summed E-state index contributed by atoms with van der Waals surface area (Å²) in [6, 6.07) is 27.8. The summed E-state index contributed by atoms with van der Waals surface area (Å²) in [6.45, 7) is 2.10. The van der Waals surface area contributed by atoms with E-state index in [4.69, 9.17) is 4.42 Å². The summed E-state index contributed by atoms with van der Waals surface area (Å²) in [5, 5.41) is 4.85. The minimum Gasteiger partial charge on any atom is -0.455 e. The van der Waals surface area contributed by atoms with Gasteiger partial charge in [-0.2, -0.15) is 0 Å². The van der Waals surface area contributed by atoms with Gasteiger partial charge < -0.3 is 9.40 Å². The van der Waals surface area contributed by atoms with Crippen LogP contribution in [-0.4, -0.2) is 4.98 Å². The highest BCUT2D eigenvalue weighted by Crippen LogP contribution is 2.38. The molecule has 0 atom stereocenters. The smallest absolute Gasteiger partial charge is 0.143 e. The SMILES string of the molecule is Cc1cccc2c1oc1c(-c3ccc4[nH]c5ccccc5c4c3)cccc12. The number of aryl methyl sites for hydroxylation is 1. The number of benzene rings is 4. The summed E-state index contributed by atoms with van der Waals surface area (Å²) in [6.07, 6.45) is 0. The summed E-state index contributed by atoms with van der Waals surface area (Å²) in [5.41, 5.74) is 7.75. The first kappa shape index (κ1) is 14.6. The van der Waals surface area contributed by atoms with Crippen molar-refractivity contribution < 1.29 is 4.42 Å². The first-order valence-electron chi connectivity index (χ1n) is 9.21. The van der Waals surface area contributed by atoms with Gasteiger partial charge in [0.2, 0.25) is 0 Å². The summed E-state index contributed by atoms with van der Waals surface area (Å²) in [4.78, 5) is 3.50. The molecule has 0 saturated carbocycles. The van der Waals surface area contributed by atoms with E-state index in [0.717, 1.165) is 22.2 Å². The minimum absolute atomic E-state index is 0.959. The fourth-order valence-corrected chi connectivity index (χ4v) is 4.20. The molecule has 2 nitrogen and oxygen atoms in total. The van der Waals surface area contributed by atoms with Crippen molar-refractivity contribution in [2.75, 3.05) is 0 Å². The molecule has 0 aliphatic heterocycles. The number of hydrogen-bond acceptors (Lipinski definition) is 1. The third-order valence-corrected chi connectivity index (χ3v) is 5.54. The van der Waals surface area contributed by atoms with Crippen LogP contribution >= 0.6 is 0 Å². The average molecular weight is 347 g/mol. The molecular weight excluding hydrogens is 330 g/mol. The third-order valence-electron chi connectivity index (χ3n) is 5.54. The van der Waals surface area contributed by atoms with Gasteiger partial charge in [0.1, 0.15) is 11.2 Å². The Labute approximate surface area is 156 Å². The first-order chi connectivity index (χ1) is 13.3. The molecule has 6 rings (SSSR count). The van der Waals surface area contributed by atoms with E-state index >= 15 is 0 Å². The molecule has 0 aliphatic carbocycles. The molecule has 2 aromatic heterocycles. The quantitative estimate of drug-likeness (QED) is 0.335. The minimum atomic E-state index is 0.959. The van der Waals surface area contributed by atoms with Gasteiger partial charge in [-0.1, -0.05) is 60.7 Å². The zero-order valence-corrected chi connectivity index (χ0v) is 14.9. The Kier molecular flexibility index (Phi) is 2.84. The zero-order valence-electron chi connectivity index (χ0n) is 14.9. The molecule has 6 aromatic rings. The van der Waals surface area contributed by atoms with Crippen LogP contribution < -0.4 is 0 Å². The average Bonchev–Trinajstić information content (AvgIpc) is 3.27. The highest BCUT2D eigenvalue weighted by molar-refractivity contribution is 6.12. The predicted molar refractivity (Wildman–Crippen MR) is 113 cm³/mol. The Bertz CT molecular complexity index is 1480. The van der Waals surface area contributed by atoms with Crippen LogP contribution in [0.2, 0.25) is 0 Å². The van der Waals surface area contributed by atoms with Gasteiger partial charge in [-0.15, -0.1) is 0 Å². The Morgan fingerprint density at radius 2 is 1.37 bits per heavy atom. The van der Waals surface area contributed by atoms with Crippen LogP contribution in [0.1, 0.15) is 5.56 Å². The van der Waals surface area contributed by atoms with Crippen LogP contribution in [0.3, 0.4) is 0 Å². The zero-order chi connectivity index (χ0) is 18.0. The van der Waals surface area contributed by atoms with E-state index in [2.05, 4.69) is 90.8 Å². The number of fused-ring (bicyclic) bond motifs is 6. The molecule has 0 unspecified atom stereocenters. The van der Waals surface area contributed by atoms with Gasteiger partial charge in [0.15, 0.2) is 0 Å². The summed E-state index contributed by atoms with van der Waals surface area (Å²) in [7, 11) is 0. The number of para-hydroxylation sites is 3. The molecule has 0 radical (unpaired) electrons. The van der Waals surface area contributed by atoms with Gasteiger partial charge in [-0.25, -0.2) is 0 Å². The number of rotatable bonds is 1. The molecule has 128 valence electrons. The maximum Gasteiger partial charge on any atom is 0.143 e. The molecule has 0 aliphatic rings. The van der Waals surface area contributed by atoms with Gasteiger partial charge in [-0.3, -0.25) is 0 Å². The van der Waals surface area contributed by atoms with Crippen molar-refractivity contribution in [2.24, 2.45) is 0 Å². The summed E-state index contributed by atoms with van der Waals surface area (Å²) in [5.74, 6) is 0. The topological polar surface area (TPSA) is 28.9 Å². The lowest BCUT2D eigenvalue weighted by molar-refractivity contribution is 0.667. The highest BCUT2D eigenvalue weighted by Gasteiger charge is 2.14. The fraction of sp³-hybridized carbons (Fsp3) is 0.0400. The fourth-order valence-electron chi connectivity index (χ4n) is 4.20. The Morgan fingerprint density at radius 1 is 0.630 bits per heavy atom. The van der Waals surface area contributed by atoms with Gasteiger partial charge in [0.05, 0.1) is 0 Å². The van der Waals surface area contributed by atoms with Crippen LogP contribution in [0.5, 0.6) is 0 Å². The third kappa shape index (κ3) is 2.01. The Balaban J connectivity index is 1.68. The van der Waals surface area contributed by atoms with Gasteiger partial charge in [0.25, 0.3) is 0 Å². The van der Waals surface area contributed by atoms with Gasteiger partial charge in [0, 0.05) is 38.1 Å². The van der Waals surface area contributed by atoms with Crippen LogP contribution in [0.25, 0.3) is 54.9 Å². The van der Waals surface area contributed by atoms with E-state index in [1.165, 1.54) is 38.2 Å². The van der Waals surface area contributed by atoms with Crippen LogP contribution in [0.15, 0.2) is 83.3 Å². The largest absolute Gasteiger partial charge is 0.455 e. The van der Waals surface area contributed by atoms with E-state index in [9.17, 15) is 0 Å². The normalized spacial score (nSPS) is 11.9. The number of H-pyrrole nitrogens is 1. The van der Waals surface area contributed by atoms with Crippen LogP contribution in [-0.2, 0) is 0 Å². The standard InChI is InChI=1S/C25H17NO/c1-15-6-4-9-19-20-10-5-8-17(25(20)27-24(15)19)16-12-13-23-21(14-16)18-7-2-3-11-22(18)26-23/h2-14,26H,1H3. The lowest BCUT2D eigenvalue weighted by atomic mass is 10.00. The highest BCUT2D eigenvalue weighted by atomic mass is 16.3. The van der Waals surface area contributed by atoms with E-state index in [1.54, 1.807) is 0 Å². The Morgan fingerprint density at radius 3 is 2.30 bits per heavy atom.